The first-order valence-corrected chi connectivity index (χ1v) is 15.1. The lowest BCUT2D eigenvalue weighted by molar-refractivity contribution is -0.141. The van der Waals surface area contributed by atoms with Crippen LogP contribution in [0.15, 0.2) is 30.4 Å². The number of anilines is 1. The molecule has 7 nitrogen and oxygen atoms in total. The highest BCUT2D eigenvalue weighted by molar-refractivity contribution is 6.31. The molecule has 2 bridgehead atoms. The van der Waals surface area contributed by atoms with E-state index in [2.05, 4.69) is 31.4 Å². The normalized spacial score (nSPS) is 34.8. The van der Waals surface area contributed by atoms with Crippen LogP contribution >= 0.6 is 11.6 Å². The number of halogens is 1. The molecule has 1 aliphatic carbocycles. The number of fused-ring (bicyclic) bond motifs is 1. The van der Waals surface area contributed by atoms with Crippen molar-refractivity contribution < 1.29 is 19.1 Å². The standard InChI is InChI=1S/C31H42ClN3O4/c1-5-6-7-8-16-35-27(29(37)34-23-11-9-10-18(2)20(23)4)31-15-14-24(39-31)25(26(31)30(35)38)28(36)33-21-13-12-19(3)22(32)17-21/h12-15,17-18,20,23-27H,5-11,16H2,1-4H3,(H,33,36)(H,34,37)/t18-,20-,23-,24+,25-,26+,27+,31+/m1/s1. The molecule has 0 aromatic heterocycles. The van der Waals surface area contributed by atoms with E-state index in [4.69, 9.17) is 16.3 Å². The fourth-order valence-corrected chi connectivity index (χ4v) is 7.34. The first-order chi connectivity index (χ1) is 18.7. The molecule has 39 heavy (non-hydrogen) atoms. The van der Waals surface area contributed by atoms with Gasteiger partial charge in [-0.25, -0.2) is 0 Å². The number of carbonyl (C=O) groups excluding carboxylic acids is 3. The van der Waals surface area contributed by atoms with Crippen molar-refractivity contribution in [1.29, 1.82) is 0 Å². The molecule has 2 N–H and O–H groups in total. The van der Waals surface area contributed by atoms with E-state index in [1.165, 1.54) is 6.42 Å². The van der Waals surface area contributed by atoms with Crippen LogP contribution in [0, 0.1) is 30.6 Å². The van der Waals surface area contributed by atoms with Gasteiger partial charge in [0, 0.05) is 23.3 Å². The zero-order valence-electron chi connectivity index (χ0n) is 23.5. The first-order valence-electron chi connectivity index (χ1n) is 14.7. The lowest BCUT2D eigenvalue weighted by Gasteiger charge is -2.38. The minimum Gasteiger partial charge on any atom is -0.359 e. The van der Waals surface area contributed by atoms with Crippen molar-refractivity contribution in [2.24, 2.45) is 23.7 Å². The Morgan fingerprint density at radius 3 is 2.69 bits per heavy atom. The summed E-state index contributed by atoms with van der Waals surface area (Å²) in [5, 5.41) is 6.83. The number of benzene rings is 1. The summed E-state index contributed by atoms with van der Waals surface area (Å²) >= 11 is 6.28. The fourth-order valence-electron chi connectivity index (χ4n) is 7.16. The van der Waals surface area contributed by atoms with Crippen LogP contribution in [0.25, 0.3) is 0 Å². The average Bonchev–Trinajstić information content (AvgIpc) is 3.54. The van der Waals surface area contributed by atoms with Gasteiger partial charge in [0.25, 0.3) is 0 Å². The predicted molar refractivity (Wildman–Crippen MR) is 152 cm³/mol. The number of nitrogens with one attached hydrogen (secondary N) is 2. The first kappa shape index (κ1) is 28.2. The molecule has 8 heteroatoms. The molecule has 3 heterocycles. The SMILES string of the molecule is CCCCCCN1C(=O)[C@@H]2[C@H](C(=O)Nc3ccc(C)c(Cl)c3)[C@@H]3C=C[C@@]2(O3)[C@@H]1C(=O)N[C@@H]1CCC[C@@H](C)[C@H]1C. The number of ether oxygens (including phenoxy) is 1. The third-order valence-electron chi connectivity index (χ3n) is 9.65. The number of unbranched alkanes of at least 4 members (excludes halogenated alkanes) is 3. The number of hydrogen-bond acceptors (Lipinski definition) is 4. The molecule has 212 valence electrons. The van der Waals surface area contributed by atoms with Gasteiger partial charge in [-0.05, 0) is 49.3 Å². The lowest BCUT2D eigenvalue weighted by atomic mass is 9.73. The predicted octanol–water partition coefficient (Wildman–Crippen LogP) is 5.26. The highest BCUT2D eigenvalue weighted by Crippen LogP contribution is 2.55. The molecule has 2 saturated heterocycles. The summed E-state index contributed by atoms with van der Waals surface area (Å²) in [7, 11) is 0. The summed E-state index contributed by atoms with van der Waals surface area (Å²) in [5.74, 6) is -1.17. The second-order valence-electron chi connectivity index (χ2n) is 12.1. The van der Waals surface area contributed by atoms with Crippen LogP contribution in [0.1, 0.15) is 71.3 Å². The molecule has 1 saturated carbocycles. The minimum atomic E-state index is -1.13. The van der Waals surface area contributed by atoms with E-state index < -0.39 is 29.6 Å². The van der Waals surface area contributed by atoms with Crippen LogP contribution in [0.5, 0.6) is 0 Å². The molecule has 1 spiro atoms. The van der Waals surface area contributed by atoms with Crippen molar-refractivity contribution >= 4 is 35.0 Å². The molecule has 5 rings (SSSR count). The van der Waals surface area contributed by atoms with E-state index in [-0.39, 0.29) is 23.8 Å². The molecule has 4 aliphatic rings. The van der Waals surface area contributed by atoms with Crippen LogP contribution in [-0.2, 0) is 19.1 Å². The number of likely N-dealkylation sites (tertiary alicyclic amines) is 1. The van der Waals surface area contributed by atoms with Crippen molar-refractivity contribution in [2.75, 3.05) is 11.9 Å². The van der Waals surface area contributed by atoms with E-state index in [1.807, 2.05) is 25.1 Å². The fraction of sp³-hybridized carbons (Fsp3) is 0.645. The molecule has 3 fully saturated rings. The molecule has 0 radical (unpaired) electrons. The van der Waals surface area contributed by atoms with Crippen molar-refractivity contribution in [3.8, 4) is 0 Å². The van der Waals surface area contributed by atoms with Crippen LogP contribution in [0.3, 0.4) is 0 Å². The van der Waals surface area contributed by atoms with Crippen LogP contribution in [-0.4, -0.2) is 53.0 Å². The van der Waals surface area contributed by atoms with Gasteiger partial charge in [0.15, 0.2) is 0 Å². The maximum atomic E-state index is 14.1. The summed E-state index contributed by atoms with van der Waals surface area (Å²) in [6, 6.07) is 4.66. The Kier molecular flexibility index (Phi) is 8.12. The van der Waals surface area contributed by atoms with Gasteiger partial charge in [0.1, 0.15) is 11.6 Å². The summed E-state index contributed by atoms with van der Waals surface area (Å²) in [6.07, 6.45) is 10.3. The quantitative estimate of drug-likeness (QED) is 0.321. The minimum absolute atomic E-state index is 0.0710. The molecule has 1 aromatic rings. The van der Waals surface area contributed by atoms with Gasteiger partial charge in [-0.1, -0.05) is 82.7 Å². The molecule has 0 unspecified atom stereocenters. The maximum Gasteiger partial charge on any atom is 0.246 e. The molecule has 1 aromatic carbocycles. The lowest BCUT2D eigenvalue weighted by Crippen LogP contribution is -2.58. The number of aryl methyl sites for hydroxylation is 1. The van der Waals surface area contributed by atoms with Crippen molar-refractivity contribution in [3.63, 3.8) is 0 Å². The highest BCUT2D eigenvalue weighted by Gasteiger charge is 2.72. The Morgan fingerprint density at radius 2 is 1.95 bits per heavy atom. The van der Waals surface area contributed by atoms with Crippen molar-refractivity contribution in [1.82, 2.24) is 10.2 Å². The van der Waals surface area contributed by atoms with Gasteiger partial charge in [-0.2, -0.15) is 0 Å². The maximum absolute atomic E-state index is 14.1. The smallest absolute Gasteiger partial charge is 0.246 e. The number of carbonyl (C=O) groups is 3. The molecule has 3 amide bonds. The third-order valence-corrected chi connectivity index (χ3v) is 10.1. The zero-order chi connectivity index (χ0) is 27.9. The number of rotatable bonds is 9. The van der Waals surface area contributed by atoms with E-state index in [0.717, 1.165) is 44.1 Å². The van der Waals surface area contributed by atoms with Gasteiger partial charge in [0.05, 0.1) is 17.9 Å². The molecule has 3 aliphatic heterocycles. The molecule has 8 atom stereocenters. The second kappa shape index (κ2) is 11.2. The van der Waals surface area contributed by atoms with Gasteiger partial charge in [-0.15, -0.1) is 0 Å². The molecular formula is C31H42ClN3O4. The summed E-state index contributed by atoms with van der Waals surface area (Å²) in [6.45, 7) is 8.97. The monoisotopic (exact) mass is 555 g/mol. The van der Waals surface area contributed by atoms with Crippen molar-refractivity contribution in [3.05, 3.63) is 40.9 Å². The van der Waals surface area contributed by atoms with Crippen molar-refractivity contribution in [2.45, 2.75) is 96.4 Å². The average molecular weight is 556 g/mol. The Bertz CT molecular complexity index is 1150. The van der Waals surface area contributed by atoms with Gasteiger partial charge in [-0.3, -0.25) is 14.4 Å². The van der Waals surface area contributed by atoms with Crippen LogP contribution in [0.2, 0.25) is 5.02 Å². The van der Waals surface area contributed by atoms with Crippen LogP contribution < -0.4 is 10.6 Å². The Balaban J connectivity index is 1.41. The number of hydrogen-bond donors (Lipinski definition) is 2. The summed E-state index contributed by atoms with van der Waals surface area (Å²) in [5.41, 5.74) is 0.362. The summed E-state index contributed by atoms with van der Waals surface area (Å²) < 4.78 is 6.48. The largest absolute Gasteiger partial charge is 0.359 e. The molecular weight excluding hydrogens is 514 g/mol. The van der Waals surface area contributed by atoms with Gasteiger partial charge in [0.2, 0.25) is 17.7 Å². The van der Waals surface area contributed by atoms with Crippen LogP contribution in [0.4, 0.5) is 5.69 Å². The van der Waals surface area contributed by atoms with Gasteiger partial charge >= 0.3 is 0 Å². The van der Waals surface area contributed by atoms with E-state index in [1.54, 1.807) is 17.0 Å². The third kappa shape index (κ3) is 5.01. The Hall–Kier alpha value is -2.38. The number of amides is 3. The summed E-state index contributed by atoms with van der Waals surface area (Å²) in [4.78, 5) is 43.4. The highest BCUT2D eigenvalue weighted by atomic mass is 35.5. The Labute approximate surface area is 237 Å². The van der Waals surface area contributed by atoms with E-state index in [0.29, 0.717) is 29.1 Å². The Morgan fingerprint density at radius 1 is 1.15 bits per heavy atom. The zero-order valence-corrected chi connectivity index (χ0v) is 24.3. The topological polar surface area (TPSA) is 87.7 Å². The van der Waals surface area contributed by atoms with E-state index in [9.17, 15) is 14.4 Å². The second-order valence-corrected chi connectivity index (χ2v) is 12.5. The van der Waals surface area contributed by atoms with E-state index >= 15 is 0 Å². The van der Waals surface area contributed by atoms with Gasteiger partial charge < -0.3 is 20.3 Å². The number of nitrogens with zero attached hydrogens (tertiary/aromatic N) is 1.